The van der Waals surface area contributed by atoms with Gasteiger partial charge in [-0.25, -0.2) is 0 Å². The lowest BCUT2D eigenvalue weighted by Gasteiger charge is -2.40. The lowest BCUT2D eigenvalue weighted by molar-refractivity contribution is -0.131. The molecule has 2 heterocycles. The normalized spacial score (nSPS) is 17.0. The number of nitrogens with zero attached hydrogens (tertiary/aromatic N) is 5. The number of amides is 1. The van der Waals surface area contributed by atoms with Crippen LogP contribution in [0.1, 0.15) is 18.2 Å². The van der Waals surface area contributed by atoms with Crippen LogP contribution in [0.15, 0.2) is 41.3 Å². The molecule has 7 heteroatoms. The van der Waals surface area contributed by atoms with Gasteiger partial charge in [-0.2, -0.15) is 5.26 Å². The minimum absolute atomic E-state index is 0.146. The van der Waals surface area contributed by atoms with Crippen molar-refractivity contribution in [2.24, 2.45) is 0 Å². The number of hydrogen-bond donors (Lipinski definition) is 0. The number of hydrogen-bond acceptors (Lipinski definition) is 6. The summed E-state index contributed by atoms with van der Waals surface area (Å²) in [5.74, 6) is 0.900. The summed E-state index contributed by atoms with van der Waals surface area (Å²) in [6, 6.07) is 13.7. The maximum Gasteiger partial charge on any atom is 0.227 e. The van der Waals surface area contributed by atoms with Crippen molar-refractivity contribution in [1.29, 1.82) is 5.26 Å². The summed E-state index contributed by atoms with van der Waals surface area (Å²) in [7, 11) is 0. The standard InChI is InChI=1S/C19H21N5OS/c1-14-13-23(19(25)11-15-4-3-5-17(10-15)26-2)8-9-24(14)18-7-6-16(12-20)21-22-18/h3-7,10,14H,8-9,11,13H2,1-2H3/t14-/m1/s1. The molecule has 1 atom stereocenters. The van der Waals surface area contributed by atoms with E-state index in [1.54, 1.807) is 17.8 Å². The van der Waals surface area contributed by atoms with Crippen LogP contribution >= 0.6 is 11.8 Å². The van der Waals surface area contributed by atoms with Crippen LogP contribution in [0.4, 0.5) is 5.82 Å². The number of thioether (sulfide) groups is 1. The van der Waals surface area contributed by atoms with Crippen LogP contribution in [0.2, 0.25) is 0 Å². The number of carbonyl (C=O) groups excluding carboxylic acids is 1. The lowest BCUT2D eigenvalue weighted by atomic mass is 10.1. The molecule has 1 amide bonds. The average molecular weight is 367 g/mol. The molecule has 1 fully saturated rings. The van der Waals surface area contributed by atoms with E-state index in [0.717, 1.165) is 11.4 Å². The van der Waals surface area contributed by atoms with Crippen molar-refractivity contribution in [3.8, 4) is 6.07 Å². The Bertz CT molecular complexity index is 817. The Morgan fingerprint density at radius 2 is 2.15 bits per heavy atom. The smallest absolute Gasteiger partial charge is 0.227 e. The molecule has 0 spiro atoms. The Kier molecular flexibility index (Phi) is 5.74. The van der Waals surface area contributed by atoms with Gasteiger partial charge in [-0.1, -0.05) is 12.1 Å². The van der Waals surface area contributed by atoms with Gasteiger partial charge in [0.2, 0.25) is 5.91 Å². The van der Waals surface area contributed by atoms with E-state index < -0.39 is 0 Å². The first kappa shape index (κ1) is 18.2. The fourth-order valence-corrected chi connectivity index (χ4v) is 3.62. The molecule has 134 valence electrons. The van der Waals surface area contributed by atoms with E-state index in [0.29, 0.717) is 31.7 Å². The number of anilines is 1. The van der Waals surface area contributed by atoms with Crippen LogP contribution in [0.25, 0.3) is 0 Å². The van der Waals surface area contributed by atoms with E-state index in [2.05, 4.69) is 34.2 Å². The van der Waals surface area contributed by atoms with Crippen molar-refractivity contribution >= 4 is 23.5 Å². The quantitative estimate of drug-likeness (QED) is 0.773. The zero-order chi connectivity index (χ0) is 18.5. The fourth-order valence-electron chi connectivity index (χ4n) is 3.13. The van der Waals surface area contributed by atoms with Crippen molar-refractivity contribution in [2.75, 3.05) is 30.8 Å². The van der Waals surface area contributed by atoms with E-state index in [4.69, 9.17) is 5.26 Å². The summed E-state index contributed by atoms with van der Waals surface area (Å²) in [5.41, 5.74) is 1.36. The predicted molar refractivity (Wildman–Crippen MR) is 102 cm³/mol. The van der Waals surface area contributed by atoms with Crippen molar-refractivity contribution in [2.45, 2.75) is 24.3 Å². The number of benzene rings is 1. The third-order valence-corrected chi connectivity index (χ3v) is 5.25. The molecule has 2 aromatic rings. The van der Waals surface area contributed by atoms with Crippen LogP contribution < -0.4 is 4.90 Å². The molecule has 0 unspecified atom stereocenters. The fraction of sp³-hybridized carbons (Fsp3) is 0.368. The second-order valence-electron chi connectivity index (χ2n) is 6.30. The van der Waals surface area contributed by atoms with Crippen LogP contribution in [-0.4, -0.2) is 52.9 Å². The minimum Gasteiger partial charge on any atom is -0.349 e. The summed E-state index contributed by atoms with van der Waals surface area (Å²) in [6.07, 6.45) is 2.46. The molecule has 1 aromatic heterocycles. The first-order valence-electron chi connectivity index (χ1n) is 8.52. The molecule has 1 aliphatic heterocycles. The summed E-state index contributed by atoms with van der Waals surface area (Å²) in [5, 5.41) is 16.9. The molecule has 3 rings (SSSR count). The van der Waals surface area contributed by atoms with Crippen LogP contribution in [0, 0.1) is 11.3 Å². The molecule has 0 saturated carbocycles. The number of carbonyl (C=O) groups is 1. The highest BCUT2D eigenvalue weighted by Crippen LogP contribution is 2.20. The molecular formula is C19H21N5OS. The maximum absolute atomic E-state index is 12.7. The van der Waals surface area contributed by atoms with Gasteiger partial charge in [0.25, 0.3) is 0 Å². The van der Waals surface area contributed by atoms with Gasteiger partial charge < -0.3 is 9.80 Å². The summed E-state index contributed by atoms with van der Waals surface area (Å²) >= 11 is 1.68. The Morgan fingerprint density at radius 3 is 2.81 bits per heavy atom. The summed E-state index contributed by atoms with van der Waals surface area (Å²) in [6.45, 7) is 4.10. The molecule has 6 nitrogen and oxygen atoms in total. The predicted octanol–water partition coefficient (Wildman–Crippen LogP) is 2.35. The molecule has 1 saturated heterocycles. The Balaban J connectivity index is 1.62. The third-order valence-electron chi connectivity index (χ3n) is 4.53. The van der Waals surface area contributed by atoms with Crippen molar-refractivity contribution in [3.63, 3.8) is 0 Å². The Morgan fingerprint density at radius 1 is 1.31 bits per heavy atom. The van der Waals surface area contributed by atoms with Crippen molar-refractivity contribution in [3.05, 3.63) is 47.7 Å². The molecular weight excluding hydrogens is 346 g/mol. The molecule has 1 aliphatic rings. The molecule has 0 radical (unpaired) electrons. The van der Waals surface area contributed by atoms with Gasteiger partial charge in [0, 0.05) is 30.6 Å². The third kappa shape index (κ3) is 4.14. The monoisotopic (exact) mass is 367 g/mol. The van der Waals surface area contributed by atoms with Crippen LogP contribution in [-0.2, 0) is 11.2 Å². The number of nitriles is 1. The van der Waals surface area contributed by atoms with Gasteiger partial charge in [0.15, 0.2) is 11.5 Å². The van der Waals surface area contributed by atoms with Crippen LogP contribution in [0.3, 0.4) is 0 Å². The van der Waals surface area contributed by atoms with E-state index in [1.807, 2.05) is 35.4 Å². The van der Waals surface area contributed by atoms with Gasteiger partial charge >= 0.3 is 0 Å². The Hall–Kier alpha value is -2.59. The summed E-state index contributed by atoms with van der Waals surface area (Å²) in [4.78, 5) is 17.9. The van der Waals surface area contributed by atoms with E-state index in [1.165, 1.54) is 4.90 Å². The van der Waals surface area contributed by atoms with E-state index in [9.17, 15) is 4.79 Å². The molecule has 1 aromatic carbocycles. The van der Waals surface area contributed by atoms with E-state index in [-0.39, 0.29) is 11.9 Å². The molecule has 26 heavy (non-hydrogen) atoms. The molecule has 0 aliphatic carbocycles. The maximum atomic E-state index is 12.7. The summed E-state index contributed by atoms with van der Waals surface area (Å²) < 4.78 is 0. The van der Waals surface area contributed by atoms with Gasteiger partial charge in [0.05, 0.1) is 6.42 Å². The highest BCUT2D eigenvalue weighted by molar-refractivity contribution is 7.98. The highest BCUT2D eigenvalue weighted by Gasteiger charge is 2.27. The lowest BCUT2D eigenvalue weighted by Crippen LogP contribution is -2.54. The van der Waals surface area contributed by atoms with Crippen molar-refractivity contribution in [1.82, 2.24) is 15.1 Å². The first-order valence-corrected chi connectivity index (χ1v) is 9.74. The second-order valence-corrected chi connectivity index (χ2v) is 7.18. The van der Waals surface area contributed by atoms with Gasteiger partial charge in [-0.15, -0.1) is 22.0 Å². The molecule has 0 bridgehead atoms. The van der Waals surface area contributed by atoms with Crippen LogP contribution in [0.5, 0.6) is 0 Å². The highest BCUT2D eigenvalue weighted by atomic mass is 32.2. The SMILES string of the molecule is CSc1cccc(CC(=O)N2CCN(c3ccc(C#N)nn3)[C@H](C)C2)c1. The zero-order valence-corrected chi connectivity index (χ0v) is 15.7. The zero-order valence-electron chi connectivity index (χ0n) is 14.9. The second kappa shape index (κ2) is 8.19. The first-order chi connectivity index (χ1) is 12.6. The number of rotatable bonds is 4. The number of piperazine rings is 1. The van der Waals surface area contributed by atoms with E-state index >= 15 is 0 Å². The topological polar surface area (TPSA) is 73.1 Å². The largest absolute Gasteiger partial charge is 0.349 e. The number of aromatic nitrogens is 2. The minimum atomic E-state index is 0.146. The van der Waals surface area contributed by atoms with Crippen molar-refractivity contribution < 1.29 is 4.79 Å². The Labute approximate surface area is 157 Å². The van der Waals surface area contributed by atoms with Gasteiger partial charge in [-0.05, 0) is 43.0 Å². The molecule has 0 N–H and O–H groups in total. The average Bonchev–Trinajstić information content (AvgIpc) is 2.68. The van der Waals surface area contributed by atoms with Gasteiger partial charge in [0.1, 0.15) is 6.07 Å². The van der Waals surface area contributed by atoms with Gasteiger partial charge in [-0.3, -0.25) is 4.79 Å².